The van der Waals surface area contributed by atoms with Crippen LogP contribution in [0.15, 0.2) is 22.8 Å². The lowest BCUT2D eigenvalue weighted by molar-refractivity contribution is 0.369. The normalized spacial score (nSPS) is 24.5. The Morgan fingerprint density at radius 2 is 2.53 bits per heavy atom. The highest BCUT2D eigenvalue weighted by Crippen LogP contribution is 2.16. The van der Waals surface area contributed by atoms with Gasteiger partial charge in [0.25, 0.3) is 0 Å². The third-order valence-corrected chi connectivity index (χ3v) is 3.17. The largest absolute Gasteiger partial charge is 0.468 e. The van der Waals surface area contributed by atoms with Crippen molar-refractivity contribution >= 4 is 0 Å². The van der Waals surface area contributed by atoms with Gasteiger partial charge in [-0.2, -0.15) is 0 Å². The number of nitrogens with one attached hydrogen (secondary N) is 1. The summed E-state index contributed by atoms with van der Waals surface area (Å²) in [6, 6.07) is 4.29. The predicted molar refractivity (Wildman–Crippen MR) is 60.7 cm³/mol. The Kier molecular flexibility index (Phi) is 3.44. The average molecular weight is 208 g/mol. The molecule has 1 fully saturated rings. The lowest BCUT2D eigenvalue weighted by Crippen LogP contribution is -2.27. The topological polar surface area (TPSA) is 28.4 Å². The monoisotopic (exact) mass is 208 g/mol. The smallest absolute Gasteiger partial charge is 0.120 e. The second kappa shape index (κ2) is 4.81. The second-order valence-corrected chi connectivity index (χ2v) is 4.56. The molecule has 2 unspecified atom stereocenters. The van der Waals surface area contributed by atoms with E-state index in [4.69, 9.17) is 4.42 Å². The van der Waals surface area contributed by atoms with Gasteiger partial charge in [0.2, 0.25) is 0 Å². The molecule has 0 saturated carbocycles. The number of nitrogens with zero attached hydrogens (tertiary/aromatic N) is 1. The summed E-state index contributed by atoms with van der Waals surface area (Å²) in [5.41, 5.74) is 0. The Hall–Kier alpha value is -0.800. The van der Waals surface area contributed by atoms with Crippen LogP contribution < -0.4 is 5.32 Å². The molecule has 1 aromatic rings. The van der Waals surface area contributed by atoms with Gasteiger partial charge in [0.1, 0.15) is 5.76 Å². The van der Waals surface area contributed by atoms with E-state index in [0.29, 0.717) is 6.04 Å². The summed E-state index contributed by atoms with van der Waals surface area (Å²) in [6.07, 6.45) is 3.05. The van der Waals surface area contributed by atoms with Gasteiger partial charge in [-0.05, 0) is 51.5 Å². The minimum absolute atomic E-state index is 0.325. The van der Waals surface area contributed by atoms with Crippen LogP contribution in [0.5, 0.6) is 0 Å². The quantitative estimate of drug-likeness (QED) is 0.819. The molecule has 2 heterocycles. The van der Waals surface area contributed by atoms with Crippen molar-refractivity contribution in [2.45, 2.75) is 19.4 Å². The van der Waals surface area contributed by atoms with Crippen LogP contribution in [0.2, 0.25) is 0 Å². The fourth-order valence-electron chi connectivity index (χ4n) is 2.17. The van der Waals surface area contributed by atoms with Crippen molar-refractivity contribution in [3.8, 4) is 0 Å². The van der Waals surface area contributed by atoms with Crippen LogP contribution in [0.25, 0.3) is 0 Å². The standard InChI is InChI=1S/C12H20N2O/c1-10(12-4-3-7-15-12)13-8-11-5-6-14(2)9-11/h3-4,7,10-11,13H,5-6,8-9H2,1-2H3. The first-order valence-corrected chi connectivity index (χ1v) is 5.71. The Labute approximate surface area is 91.4 Å². The number of hydrogen-bond donors (Lipinski definition) is 1. The molecule has 2 rings (SSSR count). The van der Waals surface area contributed by atoms with E-state index in [0.717, 1.165) is 18.2 Å². The first kappa shape index (κ1) is 10.7. The first-order valence-electron chi connectivity index (χ1n) is 5.71. The molecule has 84 valence electrons. The molecule has 1 aliphatic heterocycles. The van der Waals surface area contributed by atoms with Crippen molar-refractivity contribution in [1.82, 2.24) is 10.2 Å². The maximum absolute atomic E-state index is 5.36. The van der Waals surface area contributed by atoms with Gasteiger partial charge in [0.05, 0.1) is 12.3 Å². The van der Waals surface area contributed by atoms with Crippen molar-refractivity contribution < 1.29 is 4.42 Å². The molecule has 1 aromatic heterocycles. The van der Waals surface area contributed by atoms with Gasteiger partial charge in [-0.1, -0.05) is 0 Å². The number of rotatable bonds is 4. The molecular weight excluding hydrogens is 188 g/mol. The van der Waals surface area contributed by atoms with Gasteiger partial charge in [-0.15, -0.1) is 0 Å². The molecule has 0 bridgehead atoms. The van der Waals surface area contributed by atoms with Crippen molar-refractivity contribution in [2.24, 2.45) is 5.92 Å². The zero-order chi connectivity index (χ0) is 10.7. The van der Waals surface area contributed by atoms with E-state index in [1.54, 1.807) is 6.26 Å². The Morgan fingerprint density at radius 3 is 3.13 bits per heavy atom. The Morgan fingerprint density at radius 1 is 1.67 bits per heavy atom. The molecule has 3 nitrogen and oxygen atoms in total. The first-order chi connectivity index (χ1) is 7.25. The molecule has 0 aromatic carbocycles. The highest BCUT2D eigenvalue weighted by molar-refractivity contribution is 5.02. The van der Waals surface area contributed by atoms with Gasteiger partial charge in [0, 0.05) is 6.54 Å². The fraction of sp³-hybridized carbons (Fsp3) is 0.667. The number of hydrogen-bond acceptors (Lipinski definition) is 3. The lowest BCUT2D eigenvalue weighted by Gasteiger charge is -2.15. The third-order valence-electron chi connectivity index (χ3n) is 3.17. The average Bonchev–Trinajstić information content (AvgIpc) is 2.84. The van der Waals surface area contributed by atoms with Gasteiger partial charge >= 0.3 is 0 Å². The van der Waals surface area contributed by atoms with Crippen molar-refractivity contribution in [1.29, 1.82) is 0 Å². The molecule has 0 aliphatic carbocycles. The van der Waals surface area contributed by atoms with Gasteiger partial charge in [-0.3, -0.25) is 0 Å². The maximum Gasteiger partial charge on any atom is 0.120 e. The Balaban J connectivity index is 1.74. The van der Waals surface area contributed by atoms with Crippen LogP contribution in [0, 0.1) is 5.92 Å². The third kappa shape index (κ3) is 2.83. The molecule has 0 radical (unpaired) electrons. The summed E-state index contributed by atoms with van der Waals surface area (Å²) in [5.74, 6) is 1.83. The minimum atomic E-state index is 0.325. The molecule has 1 N–H and O–H groups in total. The molecule has 0 amide bonds. The fourth-order valence-corrected chi connectivity index (χ4v) is 2.17. The maximum atomic E-state index is 5.36. The van der Waals surface area contributed by atoms with Gasteiger partial charge < -0.3 is 14.6 Å². The summed E-state index contributed by atoms with van der Waals surface area (Å²) in [7, 11) is 2.19. The van der Waals surface area contributed by atoms with E-state index < -0.39 is 0 Å². The van der Waals surface area contributed by atoms with E-state index in [2.05, 4.69) is 24.2 Å². The van der Waals surface area contributed by atoms with Crippen molar-refractivity contribution in [2.75, 3.05) is 26.7 Å². The van der Waals surface area contributed by atoms with E-state index in [9.17, 15) is 0 Å². The van der Waals surface area contributed by atoms with E-state index in [-0.39, 0.29) is 0 Å². The van der Waals surface area contributed by atoms with Gasteiger partial charge in [-0.25, -0.2) is 0 Å². The van der Waals surface area contributed by atoms with Crippen LogP contribution in [0.4, 0.5) is 0 Å². The SMILES string of the molecule is CC(NCC1CCN(C)C1)c1ccco1. The van der Waals surface area contributed by atoms with E-state index >= 15 is 0 Å². The predicted octanol–water partition coefficient (Wildman–Crippen LogP) is 1.88. The van der Waals surface area contributed by atoms with Crippen LogP contribution in [-0.2, 0) is 0 Å². The molecular formula is C12H20N2O. The molecule has 3 heteroatoms. The highest BCUT2D eigenvalue weighted by atomic mass is 16.3. The van der Waals surface area contributed by atoms with Crippen LogP contribution in [-0.4, -0.2) is 31.6 Å². The second-order valence-electron chi connectivity index (χ2n) is 4.56. The summed E-state index contributed by atoms with van der Waals surface area (Å²) >= 11 is 0. The van der Waals surface area contributed by atoms with Crippen molar-refractivity contribution in [3.63, 3.8) is 0 Å². The number of furan rings is 1. The molecule has 15 heavy (non-hydrogen) atoms. The van der Waals surface area contributed by atoms with E-state index in [1.165, 1.54) is 19.5 Å². The minimum Gasteiger partial charge on any atom is -0.468 e. The lowest BCUT2D eigenvalue weighted by atomic mass is 10.1. The number of likely N-dealkylation sites (tertiary alicyclic amines) is 1. The zero-order valence-electron chi connectivity index (χ0n) is 9.57. The summed E-state index contributed by atoms with van der Waals surface area (Å²) in [4.78, 5) is 2.39. The van der Waals surface area contributed by atoms with Crippen LogP contribution in [0.1, 0.15) is 25.1 Å². The summed E-state index contributed by atoms with van der Waals surface area (Å²) in [5, 5.41) is 3.53. The highest BCUT2D eigenvalue weighted by Gasteiger charge is 2.20. The van der Waals surface area contributed by atoms with Crippen LogP contribution in [0.3, 0.4) is 0 Å². The summed E-state index contributed by atoms with van der Waals surface area (Å²) < 4.78 is 5.36. The van der Waals surface area contributed by atoms with Crippen LogP contribution >= 0.6 is 0 Å². The van der Waals surface area contributed by atoms with Crippen molar-refractivity contribution in [3.05, 3.63) is 24.2 Å². The summed E-state index contributed by atoms with van der Waals surface area (Å²) in [6.45, 7) is 5.70. The molecule has 0 spiro atoms. The zero-order valence-corrected chi connectivity index (χ0v) is 9.57. The van der Waals surface area contributed by atoms with E-state index in [1.807, 2.05) is 12.1 Å². The molecule has 1 aliphatic rings. The molecule has 2 atom stereocenters. The molecule has 1 saturated heterocycles. The Bertz CT molecular complexity index is 284. The van der Waals surface area contributed by atoms with Gasteiger partial charge in [0.15, 0.2) is 0 Å².